The number of hydrogen-bond acceptors (Lipinski definition) is 6. The van der Waals surface area contributed by atoms with Gasteiger partial charge in [-0.05, 0) is 62.4 Å². The zero-order chi connectivity index (χ0) is 19.4. The van der Waals surface area contributed by atoms with E-state index < -0.39 is 0 Å². The van der Waals surface area contributed by atoms with Crippen molar-refractivity contribution in [3.8, 4) is 0 Å². The fraction of sp³-hybridized carbons (Fsp3) is 0.190. The van der Waals surface area contributed by atoms with Crippen molar-refractivity contribution < 1.29 is 4.79 Å². The van der Waals surface area contributed by atoms with Gasteiger partial charge in [-0.3, -0.25) is 4.79 Å². The summed E-state index contributed by atoms with van der Waals surface area (Å²) in [5.41, 5.74) is 3.63. The lowest BCUT2D eigenvalue weighted by Crippen LogP contribution is -2.08. The lowest BCUT2D eigenvalue weighted by atomic mass is 10.1. The highest BCUT2D eigenvalue weighted by molar-refractivity contribution is 5.94. The number of anilines is 5. The average Bonchev–Trinajstić information content (AvgIpc) is 2.62. The molecule has 0 aliphatic heterocycles. The van der Waals surface area contributed by atoms with Gasteiger partial charge in [0, 0.05) is 42.8 Å². The first kappa shape index (κ1) is 18.4. The molecular formula is C21H23N5O. The first-order chi connectivity index (χ1) is 12.9. The Balaban J connectivity index is 1.76. The Morgan fingerprint density at radius 3 is 1.78 bits per heavy atom. The lowest BCUT2D eigenvalue weighted by Gasteiger charge is -2.14. The van der Waals surface area contributed by atoms with Crippen molar-refractivity contribution in [3.05, 3.63) is 66.0 Å². The van der Waals surface area contributed by atoms with Crippen LogP contribution < -0.4 is 15.5 Å². The van der Waals surface area contributed by atoms with E-state index in [1.807, 2.05) is 63.5 Å². The second-order valence-electron chi connectivity index (χ2n) is 6.51. The number of aryl methyl sites for hydroxylation is 1. The fourth-order valence-corrected chi connectivity index (χ4v) is 2.62. The molecule has 0 aliphatic rings. The van der Waals surface area contributed by atoms with Crippen molar-refractivity contribution in [1.82, 2.24) is 9.97 Å². The van der Waals surface area contributed by atoms with E-state index in [1.165, 1.54) is 0 Å². The second-order valence-corrected chi connectivity index (χ2v) is 6.51. The molecule has 0 amide bonds. The summed E-state index contributed by atoms with van der Waals surface area (Å²) in [7, 11) is 4.02. The highest BCUT2D eigenvalue weighted by Gasteiger charge is 2.05. The van der Waals surface area contributed by atoms with Crippen LogP contribution in [0.5, 0.6) is 0 Å². The first-order valence-electron chi connectivity index (χ1n) is 8.69. The maximum atomic E-state index is 11.4. The van der Waals surface area contributed by atoms with Crippen LogP contribution in [0.15, 0.2) is 54.6 Å². The van der Waals surface area contributed by atoms with Gasteiger partial charge in [0.05, 0.1) is 0 Å². The van der Waals surface area contributed by atoms with E-state index in [4.69, 9.17) is 0 Å². The molecule has 0 saturated heterocycles. The van der Waals surface area contributed by atoms with Crippen molar-refractivity contribution >= 4 is 34.5 Å². The number of nitrogens with one attached hydrogen (secondary N) is 2. The Morgan fingerprint density at radius 1 is 0.852 bits per heavy atom. The number of nitrogens with zero attached hydrogens (tertiary/aromatic N) is 3. The van der Waals surface area contributed by atoms with Gasteiger partial charge in [0.2, 0.25) is 0 Å². The molecular weight excluding hydrogens is 338 g/mol. The molecule has 0 spiro atoms. The van der Waals surface area contributed by atoms with Crippen LogP contribution in [-0.4, -0.2) is 29.8 Å². The van der Waals surface area contributed by atoms with Crippen molar-refractivity contribution in [1.29, 1.82) is 0 Å². The molecule has 1 heterocycles. The SMILES string of the molecule is CC(=O)c1ccc(Nc2cc(Nc3ccc(N(C)C)cc3)nc(C)n2)cc1. The number of rotatable bonds is 6. The lowest BCUT2D eigenvalue weighted by molar-refractivity contribution is 0.101. The Bertz CT molecular complexity index is 934. The quantitative estimate of drug-likeness (QED) is 0.628. The van der Waals surface area contributed by atoms with Gasteiger partial charge in [-0.1, -0.05) is 0 Å². The zero-order valence-electron chi connectivity index (χ0n) is 15.9. The molecule has 0 unspecified atom stereocenters. The molecule has 0 bridgehead atoms. The molecule has 1 aromatic heterocycles. The molecule has 0 atom stereocenters. The van der Waals surface area contributed by atoms with E-state index in [0.29, 0.717) is 23.0 Å². The van der Waals surface area contributed by atoms with E-state index in [2.05, 4.69) is 25.5 Å². The summed E-state index contributed by atoms with van der Waals surface area (Å²) >= 11 is 0. The summed E-state index contributed by atoms with van der Waals surface area (Å²) in [4.78, 5) is 22.3. The fourth-order valence-electron chi connectivity index (χ4n) is 2.62. The Kier molecular flexibility index (Phi) is 5.35. The largest absolute Gasteiger partial charge is 0.378 e. The van der Waals surface area contributed by atoms with Crippen LogP contribution in [-0.2, 0) is 0 Å². The highest BCUT2D eigenvalue weighted by atomic mass is 16.1. The minimum Gasteiger partial charge on any atom is -0.378 e. The van der Waals surface area contributed by atoms with Gasteiger partial charge < -0.3 is 15.5 Å². The van der Waals surface area contributed by atoms with Crippen LogP contribution in [0, 0.1) is 6.92 Å². The highest BCUT2D eigenvalue weighted by Crippen LogP contribution is 2.22. The van der Waals surface area contributed by atoms with Crippen LogP contribution in [0.25, 0.3) is 0 Å². The molecule has 0 fully saturated rings. The Labute approximate surface area is 159 Å². The zero-order valence-corrected chi connectivity index (χ0v) is 15.9. The van der Waals surface area contributed by atoms with Gasteiger partial charge in [0.25, 0.3) is 0 Å². The predicted molar refractivity (Wildman–Crippen MR) is 111 cm³/mol. The van der Waals surface area contributed by atoms with E-state index in [0.717, 1.165) is 17.1 Å². The molecule has 0 aliphatic carbocycles. The molecule has 3 rings (SSSR count). The number of carbonyl (C=O) groups excluding carboxylic acids is 1. The van der Waals surface area contributed by atoms with Gasteiger partial charge in [-0.2, -0.15) is 0 Å². The number of ketones is 1. The third-order valence-electron chi connectivity index (χ3n) is 4.06. The molecule has 138 valence electrons. The van der Waals surface area contributed by atoms with Crippen LogP contribution in [0.3, 0.4) is 0 Å². The van der Waals surface area contributed by atoms with Crippen molar-refractivity contribution in [3.63, 3.8) is 0 Å². The molecule has 27 heavy (non-hydrogen) atoms. The summed E-state index contributed by atoms with van der Waals surface area (Å²) in [6, 6.07) is 17.3. The maximum absolute atomic E-state index is 11.4. The molecule has 6 heteroatoms. The van der Waals surface area contributed by atoms with Gasteiger partial charge >= 0.3 is 0 Å². The first-order valence-corrected chi connectivity index (χ1v) is 8.69. The molecule has 3 aromatic rings. The number of carbonyl (C=O) groups is 1. The number of aromatic nitrogens is 2. The van der Waals surface area contributed by atoms with E-state index in [9.17, 15) is 4.79 Å². The summed E-state index contributed by atoms with van der Waals surface area (Å²) in [6.45, 7) is 3.41. The summed E-state index contributed by atoms with van der Waals surface area (Å²) in [5, 5.41) is 6.56. The van der Waals surface area contributed by atoms with Crippen LogP contribution in [0.4, 0.5) is 28.7 Å². The van der Waals surface area contributed by atoms with Crippen LogP contribution in [0.1, 0.15) is 23.1 Å². The third kappa shape index (κ3) is 4.82. The van der Waals surface area contributed by atoms with Crippen LogP contribution in [0.2, 0.25) is 0 Å². The van der Waals surface area contributed by atoms with Gasteiger partial charge in [-0.25, -0.2) is 9.97 Å². The topological polar surface area (TPSA) is 70.2 Å². The molecule has 2 aromatic carbocycles. The standard InChI is InChI=1S/C21H23N5O/c1-14(27)16-5-7-17(8-6-16)24-20-13-21(23-15(2)22-20)25-18-9-11-19(12-10-18)26(3)4/h5-13H,1-4H3,(H2,22,23,24,25). The number of benzene rings is 2. The maximum Gasteiger partial charge on any atom is 0.159 e. The van der Waals surface area contributed by atoms with Gasteiger partial charge in [-0.15, -0.1) is 0 Å². The number of hydrogen-bond donors (Lipinski definition) is 2. The smallest absolute Gasteiger partial charge is 0.159 e. The molecule has 2 N–H and O–H groups in total. The summed E-state index contributed by atoms with van der Waals surface area (Å²) in [5.74, 6) is 2.10. The molecule has 0 saturated carbocycles. The van der Waals surface area contributed by atoms with E-state index >= 15 is 0 Å². The van der Waals surface area contributed by atoms with Gasteiger partial charge in [0.1, 0.15) is 17.5 Å². The number of Topliss-reactive ketones (excluding diaryl/α,β-unsaturated/α-hetero) is 1. The van der Waals surface area contributed by atoms with Gasteiger partial charge in [0.15, 0.2) is 5.78 Å². The van der Waals surface area contributed by atoms with Crippen molar-refractivity contribution in [2.45, 2.75) is 13.8 Å². The van der Waals surface area contributed by atoms with Crippen LogP contribution >= 0.6 is 0 Å². The van der Waals surface area contributed by atoms with Crippen molar-refractivity contribution in [2.24, 2.45) is 0 Å². The normalized spacial score (nSPS) is 10.4. The van der Waals surface area contributed by atoms with E-state index in [1.54, 1.807) is 19.1 Å². The molecule has 0 radical (unpaired) electrons. The minimum atomic E-state index is 0.0474. The predicted octanol–water partition coefficient (Wildman–Crippen LogP) is 4.54. The van der Waals surface area contributed by atoms with E-state index in [-0.39, 0.29) is 5.78 Å². The monoisotopic (exact) mass is 361 g/mol. The average molecular weight is 361 g/mol. The minimum absolute atomic E-state index is 0.0474. The second kappa shape index (κ2) is 7.86. The Morgan fingerprint density at radius 2 is 1.33 bits per heavy atom. The van der Waals surface area contributed by atoms with Crippen molar-refractivity contribution in [2.75, 3.05) is 29.6 Å². The summed E-state index contributed by atoms with van der Waals surface area (Å²) < 4.78 is 0. The summed E-state index contributed by atoms with van der Waals surface area (Å²) in [6.07, 6.45) is 0. The molecule has 6 nitrogen and oxygen atoms in total. The Hall–Kier alpha value is -3.41. The third-order valence-corrected chi connectivity index (χ3v) is 4.06.